The van der Waals surface area contributed by atoms with E-state index in [-0.39, 0.29) is 5.91 Å². The van der Waals surface area contributed by atoms with Crippen molar-refractivity contribution >= 4 is 5.91 Å². The summed E-state index contributed by atoms with van der Waals surface area (Å²) in [5, 5.41) is 6.50. The van der Waals surface area contributed by atoms with Crippen LogP contribution >= 0.6 is 0 Å². The van der Waals surface area contributed by atoms with Gasteiger partial charge < -0.3 is 9.64 Å². The number of H-pyrrole nitrogens is 1. The fourth-order valence-corrected chi connectivity index (χ4v) is 2.17. The zero-order valence-corrected chi connectivity index (χ0v) is 10.8. The van der Waals surface area contributed by atoms with Gasteiger partial charge in [0, 0.05) is 39.5 Å². The van der Waals surface area contributed by atoms with Gasteiger partial charge in [-0.1, -0.05) is 0 Å². The van der Waals surface area contributed by atoms with Gasteiger partial charge >= 0.3 is 0 Å². The van der Waals surface area contributed by atoms with Crippen molar-refractivity contribution < 1.29 is 9.53 Å². The van der Waals surface area contributed by atoms with Crippen molar-refractivity contribution in [2.75, 3.05) is 46.4 Å². The lowest BCUT2D eigenvalue weighted by Crippen LogP contribution is -2.35. The number of hydrogen-bond donors (Lipinski definition) is 1. The van der Waals surface area contributed by atoms with Gasteiger partial charge in [0.1, 0.15) is 0 Å². The van der Waals surface area contributed by atoms with Crippen LogP contribution in [0.15, 0.2) is 12.4 Å². The van der Waals surface area contributed by atoms with Crippen molar-refractivity contribution in [2.45, 2.75) is 6.42 Å². The molecule has 0 unspecified atom stereocenters. The van der Waals surface area contributed by atoms with Gasteiger partial charge in [-0.3, -0.25) is 14.8 Å². The van der Waals surface area contributed by atoms with Crippen LogP contribution in [0.25, 0.3) is 0 Å². The number of methoxy groups -OCH3 is 1. The standard InChI is InChI=1S/C12H20N4O2/c1-18-8-7-15-3-2-4-16(6-5-15)12(17)11-9-13-14-10-11/h9-10H,2-8H2,1H3,(H,13,14). The molecule has 1 fully saturated rings. The van der Waals surface area contributed by atoms with Crippen LogP contribution < -0.4 is 0 Å². The molecule has 1 amide bonds. The average molecular weight is 252 g/mol. The molecule has 0 radical (unpaired) electrons. The molecule has 100 valence electrons. The first-order valence-electron chi connectivity index (χ1n) is 6.30. The minimum atomic E-state index is 0.0670. The molecule has 0 bridgehead atoms. The van der Waals surface area contributed by atoms with E-state index >= 15 is 0 Å². The summed E-state index contributed by atoms with van der Waals surface area (Å²) in [6, 6.07) is 0. The summed E-state index contributed by atoms with van der Waals surface area (Å²) < 4.78 is 5.08. The zero-order chi connectivity index (χ0) is 12.8. The second kappa shape index (κ2) is 6.51. The van der Waals surface area contributed by atoms with Crippen LogP contribution in [0.5, 0.6) is 0 Å². The Bertz CT molecular complexity index is 366. The van der Waals surface area contributed by atoms with Crippen LogP contribution in [0.1, 0.15) is 16.8 Å². The molecular weight excluding hydrogens is 232 g/mol. The Kier molecular flexibility index (Phi) is 4.72. The lowest BCUT2D eigenvalue weighted by atomic mass is 10.3. The Balaban J connectivity index is 1.87. The second-order valence-electron chi connectivity index (χ2n) is 4.47. The van der Waals surface area contributed by atoms with E-state index in [1.165, 1.54) is 0 Å². The third-order valence-electron chi connectivity index (χ3n) is 3.23. The number of aromatic nitrogens is 2. The van der Waals surface area contributed by atoms with E-state index in [0.29, 0.717) is 5.56 Å². The molecule has 6 nitrogen and oxygen atoms in total. The summed E-state index contributed by atoms with van der Waals surface area (Å²) in [5.74, 6) is 0.0670. The van der Waals surface area contributed by atoms with Gasteiger partial charge in [-0.25, -0.2) is 0 Å². The first-order chi connectivity index (χ1) is 8.81. The minimum Gasteiger partial charge on any atom is -0.383 e. The zero-order valence-electron chi connectivity index (χ0n) is 10.8. The monoisotopic (exact) mass is 252 g/mol. The molecule has 1 aliphatic rings. The molecule has 2 rings (SSSR count). The van der Waals surface area contributed by atoms with E-state index in [9.17, 15) is 4.79 Å². The van der Waals surface area contributed by atoms with Crippen LogP contribution in [0.4, 0.5) is 0 Å². The molecule has 0 saturated carbocycles. The van der Waals surface area contributed by atoms with Crippen molar-refractivity contribution in [3.05, 3.63) is 18.0 Å². The maximum absolute atomic E-state index is 12.2. The molecule has 1 aromatic rings. The lowest BCUT2D eigenvalue weighted by Gasteiger charge is -2.21. The fourth-order valence-electron chi connectivity index (χ4n) is 2.17. The molecule has 1 N–H and O–H groups in total. The lowest BCUT2D eigenvalue weighted by molar-refractivity contribution is 0.0759. The molecule has 18 heavy (non-hydrogen) atoms. The van der Waals surface area contributed by atoms with Crippen LogP contribution in [-0.2, 0) is 4.74 Å². The Morgan fingerprint density at radius 3 is 3.06 bits per heavy atom. The number of hydrogen-bond acceptors (Lipinski definition) is 4. The number of carbonyl (C=O) groups excluding carboxylic acids is 1. The van der Waals surface area contributed by atoms with Gasteiger partial charge in [0.25, 0.3) is 5.91 Å². The van der Waals surface area contributed by atoms with Crippen molar-refractivity contribution in [3.63, 3.8) is 0 Å². The number of aromatic amines is 1. The number of amides is 1. The Hall–Kier alpha value is -1.40. The summed E-state index contributed by atoms with van der Waals surface area (Å²) in [6.45, 7) is 5.20. The largest absolute Gasteiger partial charge is 0.383 e. The molecular formula is C12H20N4O2. The maximum Gasteiger partial charge on any atom is 0.257 e. The number of nitrogens with zero attached hydrogens (tertiary/aromatic N) is 3. The molecule has 1 aliphatic heterocycles. The van der Waals surface area contributed by atoms with E-state index in [2.05, 4.69) is 15.1 Å². The average Bonchev–Trinajstić information content (AvgIpc) is 2.82. The molecule has 0 atom stereocenters. The Morgan fingerprint density at radius 1 is 1.44 bits per heavy atom. The summed E-state index contributed by atoms with van der Waals surface area (Å²) in [7, 11) is 1.71. The third-order valence-corrected chi connectivity index (χ3v) is 3.23. The van der Waals surface area contributed by atoms with Gasteiger partial charge in [0.05, 0.1) is 18.4 Å². The minimum absolute atomic E-state index is 0.0670. The highest BCUT2D eigenvalue weighted by Crippen LogP contribution is 2.07. The Morgan fingerprint density at radius 2 is 2.33 bits per heavy atom. The van der Waals surface area contributed by atoms with Crippen LogP contribution in [0, 0.1) is 0 Å². The van der Waals surface area contributed by atoms with Gasteiger partial charge in [-0.05, 0) is 13.0 Å². The van der Waals surface area contributed by atoms with Crippen molar-refractivity contribution in [2.24, 2.45) is 0 Å². The third kappa shape index (κ3) is 3.30. The van der Waals surface area contributed by atoms with Gasteiger partial charge in [-0.2, -0.15) is 5.10 Å². The predicted octanol–water partition coefficient (Wildman–Crippen LogP) is 0.204. The number of ether oxygens (including phenoxy) is 1. The summed E-state index contributed by atoms with van der Waals surface area (Å²) in [4.78, 5) is 16.4. The summed E-state index contributed by atoms with van der Waals surface area (Å²) >= 11 is 0. The van der Waals surface area contributed by atoms with Gasteiger partial charge in [0.2, 0.25) is 0 Å². The topological polar surface area (TPSA) is 61.5 Å². The van der Waals surface area contributed by atoms with Crippen LogP contribution in [0.2, 0.25) is 0 Å². The number of rotatable bonds is 4. The molecule has 0 aromatic carbocycles. The van der Waals surface area contributed by atoms with E-state index in [1.54, 1.807) is 19.5 Å². The predicted molar refractivity (Wildman–Crippen MR) is 67.4 cm³/mol. The normalized spacial score (nSPS) is 17.7. The fraction of sp³-hybridized carbons (Fsp3) is 0.667. The van der Waals surface area contributed by atoms with Crippen molar-refractivity contribution in [3.8, 4) is 0 Å². The molecule has 0 spiro atoms. The molecule has 1 aromatic heterocycles. The van der Waals surface area contributed by atoms with E-state index in [4.69, 9.17) is 4.74 Å². The Labute approximate surface area is 107 Å². The smallest absolute Gasteiger partial charge is 0.257 e. The molecule has 0 aliphatic carbocycles. The second-order valence-corrected chi connectivity index (χ2v) is 4.47. The highest BCUT2D eigenvalue weighted by atomic mass is 16.5. The van der Waals surface area contributed by atoms with Crippen LogP contribution in [0.3, 0.4) is 0 Å². The van der Waals surface area contributed by atoms with E-state index in [0.717, 1.165) is 45.8 Å². The first-order valence-corrected chi connectivity index (χ1v) is 6.30. The number of carbonyl (C=O) groups is 1. The number of nitrogens with one attached hydrogen (secondary N) is 1. The molecule has 2 heterocycles. The summed E-state index contributed by atoms with van der Waals surface area (Å²) in [5.41, 5.74) is 0.639. The quantitative estimate of drug-likeness (QED) is 0.832. The SMILES string of the molecule is COCCN1CCCN(C(=O)c2cn[nH]c2)CC1. The van der Waals surface area contributed by atoms with Gasteiger partial charge in [-0.15, -0.1) is 0 Å². The molecule has 1 saturated heterocycles. The first kappa shape index (κ1) is 13.0. The van der Waals surface area contributed by atoms with E-state index < -0.39 is 0 Å². The highest BCUT2D eigenvalue weighted by molar-refractivity contribution is 5.93. The summed E-state index contributed by atoms with van der Waals surface area (Å²) in [6.07, 6.45) is 4.24. The molecule has 6 heteroatoms. The van der Waals surface area contributed by atoms with Crippen LogP contribution in [-0.4, -0.2) is 72.3 Å². The maximum atomic E-state index is 12.2. The van der Waals surface area contributed by atoms with Gasteiger partial charge in [0.15, 0.2) is 0 Å². The van der Waals surface area contributed by atoms with E-state index in [1.807, 2.05) is 4.90 Å². The van der Waals surface area contributed by atoms with Crippen molar-refractivity contribution in [1.82, 2.24) is 20.0 Å². The highest BCUT2D eigenvalue weighted by Gasteiger charge is 2.20. The van der Waals surface area contributed by atoms with Crippen molar-refractivity contribution in [1.29, 1.82) is 0 Å².